The second-order valence-electron chi connectivity index (χ2n) is 15.3. The molecule has 11 rings (SSSR count). The molecule has 0 unspecified atom stereocenters. The van der Waals surface area contributed by atoms with E-state index in [9.17, 15) is 0 Å². The maximum absolute atomic E-state index is 7.22. The molecule has 60 heavy (non-hydrogen) atoms. The van der Waals surface area contributed by atoms with Gasteiger partial charge in [0.2, 0.25) is 0 Å². The third-order valence-electron chi connectivity index (χ3n) is 11.7. The van der Waals surface area contributed by atoms with Crippen LogP contribution in [0.5, 0.6) is 0 Å². The van der Waals surface area contributed by atoms with Crippen LogP contribution in [0, 0.1) is 0 Å². The molecule has 2 nitrogen and oxygen atoms in total. The van der Waals surface area contributed by atoms with Crippen molar-refractivity contribution in [2.75, 3.05) is 4.90 Å². The number of nitrogens with zero attached hydrogens (tertiary/aromatic N) is 1. The van der Waals surface area contributed by atoms with E-state index in [0.29, 0.717) is 0 Å². The van der Waals surface area contributed by atoms with Crippen LogP contribution < -0.4 is 4.90 Å². The Bertz CT molecular complexity index is 3160. The highest BCUT2D eigenvalue weighted by Gasteiger charge is 2.23. The molecular formula is C58H39NO. The van der Waals surface area contributed by atoms with E-state index < -0.39 is 0 Å². The summed E-state index contributed by atoms with van der Waals surface area (Å²) in [5.74, 6) is 0. The molecule has 11 aromatic rings. The van der Waals surface area contributed by atoms with E-state index in [0.717, 1.165) is 55.5 Å². The van der Waals surface area contributed by atoms with Crippen molar-refractivity contribution in [2.24, 2.45) is 0 Å². The first-order chi connectivity index (χ1) is 29.7. The molecule has 0 fully saturated rings. The fraction of sp³-hybridized carbons (Fsp3) is 0. The molecular weight excluding hydrogens is 727 g/mol. The van der Waals surface area contributed by atoms with Crippen LogP contribution in [0.15, 0.2) is 241 Å². The number of fused-ring (bicyclic) bond motifs is 5. The van der Waals surface area contributed by atoms with Crippen LogP contribution in [-0.2, 0) is 0 Å². The van der Waals surface area contributed by atoms with E-state index in [-0.39, 0.29) is 0 Å². The number of furan rings is 1. The van der Waals surface area contributed by atoms with Gasteiger partial charge in [-0.1, -0.05) is 194 Å². The van der Waals surface area contributed by atoms with Gasteiger partial charge in [-0.25, -0.2) is 0 Å². The van der Waals surface area contributed by atoms with Gasteiger partial charge in [0.25, 0.3) is 0 Å². The molecule has 0 aliphatic rings. The third kappa shape index (κ3) is 6.41. The van der Waals surface area contributed by atoms with Crippen LogP contribution in [0.3, 0.4) is 0 Å². The van der Waals surface area contributed by atoms with E-state index in [4.69, 9.17) is 4.42 Å². The first-order valence-electron chi connectivity index (χ1n) is 20.5. The smallest absolute Gasteiger partial charge is 0.159 e. The average molecular weight is 766 g/mol. The fourth-order valence-electron chi connectivity index (χ4n) is 8.65. The van der Waals surface area contributed by atoms with Crippen molar-refractivity contribution in [2.45, 2.75) is 0 Å². The van der Waals surface area contributed by atoms with E-state index in [1.807, 2.05) is 0 Å². The lowest BCUT2D eigenvalue weighted by atomic mass is 9.94. The lowest BCUT2D eigenvalue weighted by molar-refractivity contribution is 0.673. The van der Waals surface area contributed by atoms with Gasteiger partial charge >= 0.3 is 0 Å². The Morgan fingerprint density at radius 1 is 0.250 bits per heavy atom. The number of hydrogen-bond acceptors (Lipinski definition) is 2. The standard InChI is InChI=1S/C58H39NO/c1-5-15-40(16-6-1)43-25-27-46(28-26-43)48-37-54-55-39-53(47-21-11-4-12-22-47)51-23-13-14-24-52(51)57(55)60-58(54)56(38-48)59(49-33-29-44(30-34-49)41-17-7-2-8-18-41)50-35-31-45(32-36-50)42-19-9-3-10-20-42/h1-39H. The molecule has 0 amide bonds. The van der Waals surface area contributed by atoms with Crippen molar-refractivity contribution < 1.29 is 4.42 Å². The summed E-state index contributed by atoms with van der Waals surface area (Å²) in [4.78, 5) is 2.36. The van der Waals surface area contributed by atoms with Gasteiger partial charge in [0.15, 0.2) is 5.58 Å². The lowest BCUT2D eigenvalue weighted by Gasteiger charge is -2.26. The number of hydrogen-bond donors (Lipinski definition) is 0. The highest BCUT2D eigenvalue weighted by molar-refractivity contribution is 6.21. The van der Waals surface area contributed by atoms with Crippen molar-refractivity contribution in [1.82, 2.24) is 0 Å². The van der Waals surface area contributed by atoms with Crippen molar-refractivity contribution in [3.63, 3.8) is 0 Å². The van der Waals surface area contributed by atoms with Crippen LogP contribution in [-0.4, -0.2) is 0 Å². The summed E-state index contributed by atoms with van der Waals surface area (Å²) in [5.41, 5.74) is 16.5. The summed E-state index contributed by atoms with van der Waals surface area (Å²) in [7, 11) is 0. The Morgan fingerprint density at radius 2 is 0.617 bits per heavy atom. The van der Waals surface area contributed by atoms with Crippen molar-refractivity contribution >= 4 is 49.8 Å². The molecule has 0 aliphatic heterocycles. The summed E-state index contributed by atoms with van der Waals surface area (Å²) in [6.45, 7) is 0. The van der Waals surface area contributed by atoms with E-state index >= 15 is 0 Å². The largest absolute Gasteiger partial charge is 0.453 e. The summed E-state index contributed by atoms with van der Waals surface area (Å²) in [6, 6.07) is 84.7. The van der Waals surface area contributed by atoms with Crippen LogP contribution in [0.2, 0.25) is 0 Å². The quantitative estimate of drug-likeness (QED) is 0.153. The summed E-state index contributed by atoms with van der Waals surface area (Å²) in [5, 5.41) is 4.42. The van der Waals surface area contributed by atoms with Gasteiger partial charge < -0.3 is 9.32 Å². The molecule has 10 aromatic carbocycles. The molecule has 0 atom stereocenters. The van der Waals surface area contributed by atoms with Crippen molar-refractivity contribution in [1.29, 1.82) is 0 Å². The molecule has 0 N–H and O–H groups in total. The second kappa shape index (κ2) is 15.1. The molecule has 2 heteroatoms. The first kappa shape index (κ1) is 35.2. The highest BCUT2D eigenvalue weighted by atomic mass is 16.3. The van der Waals surface area contributed by atoms with E-state index in [1.165, 1.54) is 49.9 Å². The minimum atomic E-state index is 0.837. The Kier molecular flexibility index (Phi) is 8.87. The topological polar surface area (TPSA) is 16.4 Å². The summed E-state index contributed by atoms with van der Waals surface area (Å²) in [6.07, 6.45) is 0. The minimum absolute atomic E-state index is 0.837. The maximum atomic E-state index is 7.22. The van der Waals surface area contributed by atoms with Gasteiger partial charge in [-0.15, -0.1) is 0 Å². The molecule has 282 valence electrons. The number of rotatable bonds is 8. The SMILES string of the molecule is c1ccc(-c2ccc(-c3cc(N(c4ccc(-c5ccccc5)cc4)c4ccc(-c5ccccc5)cc4)c4oc5c6ccccc6c(-c6ccccc6)cc5c4c3)cc2)cc1. The maximum Gasteiger partial charge on any atom is 0.159 e. The van der Waals surface area contributed by atoms with Crippen molar-refractivity contribution in [3.8, 4) is 55.6 Å². The third-order valence-corrected chi connectivity index (χ3v) is 11.7. The molecule has 0 aliphatic carbocycles. The zero-order valence-corrected chi connectivity index (χ0v) is 32.9. The Morgan fingerprint density at radius 3 is 1.10 bits per heavy atom. The molecule has 1 heterocycles. The van der Waals surface area contributed by atoms with Crippen LogP contribution in [0.4, 0.5) is 17.1 Å². The summed E-state index contributed by atoms with van der Waals surface area (Å²) >= 11 is 0. The van der Waals surface area contributed by atoms with Crippen LogP contribution >= 0.6 is 0 Å². The van der Waals surface area contributed by atoms with Gasteiger partial charge in [0.1, 0.15) is 5.58 Å². The van der Waals surface area contributed by atoms with Gasteiger partial charge in [-0.05, 0) is 103 Å². The average Bonchev–Trinajstić information content (AvgIpc) is 3.72. The van der Waals surface area contributed by atoms with Gasteiger partial charge in [-0.3, -0.25) is 0 Å². The Labute approximate surface area is 349 Å². The Hall–Kier alpha value is -7.94. The van der Waals surface area contributed by atoms with Gasteiger partial charge in [0.05, 0.1) is 5.69 Å². The molecule has 0 bridgehead atoms. The highest BCUT2D eigenvalue weighted by Crippen LogP contribution is 2.48. The predicted octanol–water partition coefficient (Wildman–Crippen LogP) is 16.5. The second-order valence-corrected chi connectivity index (χ2v) is 15.3. The molecule has 1 aromatic heterocycles. The zero-order chi connectivity index (χ0) is 39.8. The van der Waals surface area contributed by atoms with Crippen LogP contribution in [0.25, 0.3) is 88.3 Å². The first-order valence-corrected chi connectivity index (χ1v) is 20.5. The fourth-order valence-corrected chi connectivity index (χ4v) is 8.65. The van der Waals surface area contributed by atoms with Gasteiger partial charge in [0, 0.05) is 27.5 Å². The predicted molar refractivity (Wildman–Crippen MR) is 253 cm³/mol. The Balaban J connectivity index is 1.17. The normalized spacial score (nSPS) is 11.3. The number of benzene rings is 10. The zero-order valence-electron chi connectivity index (χ0n) is 32.9. The number of anilines is 3. The molecule has 0 saturated carbocycles. The van der Waals surface area contributed by atoms with Gasteiger partial charge in [-0.2, -0.15) is 0 Å². The minimum Gasteiger partial charge on any atom is -0.453 e. The summed E-state index contributed by atoms with van der Waals surface area (Å²) < 4.78 is 7.22. The van der Waals surface area contributed by atoms with E-state index in [2.05, 4.69) is 241 Å². The van der Waals surface area contributed by atoms with Crippen molar-refractivity contribution in [3.05, 3.63) is 237 Å². The molecule has 0 radical (unpaired) electrons. The lowest BCUT2D eigenvalue weighted by Crippen LogP contribution is -2.10. The van der Waals surface area contributed by atoms with Crippen LogP contribution in [0.1, 0.15) is 0 Å². The molecule has 0 saturated heterocycles. The van der Waals surface area contributed by atoms with E-state index in [1.54, 1.807) is 0 Å². The monoisotopic (exact) mass is 765 g/mol. The molecule has 0 spiro atoms.